The molecule has 4 aromatic rings. The molecule has 2 aliphatic rings. The highest BCUT2D eigenvalue weighted by Crippen LogP contribution is 2.37. The van der Waals surface area contributed by atoms with Gasteiger partial charge in [-0.25, -0.2) is 13.4 Å². The Morgan fingerprint density at radius 3 is 2.51 bits per heavy atom. The molecule has 1 amide bonds. The number of aryl methyl sites for hydroxylation is 3. The van der Waals surface area contributed by atoms with Crippen LogP contribution in [0.4, 0.5) is 0 Å². The van der Waals surface area contributed by atoms with E-state index in [1.54, 1.807) is 12.5 Å². The maximum Gasteiger partial charge on any atom is 0.242 e. The van der Waals surface area contributed by atoms with Crippen LogP contribution >= 0.6 is 0 Å². The lowest BCUT2D eigenvalue weighted by Gasteiger charge is -2.44. The largest absolute Gasteiger partial charge is 0.337 e. The number of amides is 1. The van der Waals surface area contributed by atoms with Crippen LogP contribution in [0.3, 0.4) is 0 Å². The van der Waals surface area contributed by atoms with Crippen molar-refractivity contribution in [3.05, 3.63) is 120 Å². The Kier molecular flexibility index (Phi) is 8.69. The summed E-state index contributed by atoms with van der Waals surface area (Å²) in [6.07, 6.45) is 11.0. The first kappa shape index (κ1) is 29.2. The summed E-state index contributed by atoms with van der Waals surface area (Å²) in [6, 6.07) is 21.4. The molecular formula is C33H38N6O3S. The smallest absolute Gasteiger partial charge is 0.242 e. The van der Waals surface area contributed by atoms with Crippen LogP contribution in [0.15, 0.2) is 91.6 Å². The number of piperazine rings is 1. The highest BCUT2D eigenvalue weighted by molar-refractivity contribution is 7.88. The SMILES string of the molecule is CS(=O)(=O)N1CCN(C2c3ccccc3CCc3cccnc32)C[C@@H]1C(=O)N(CCCn1ccnc1)Cc1ccccc1. The predicted molar refractivity (Wildman–Crippen MR) is 166 cm³/mol. The summed E-state index contributed by atoms with van der Waals surface area (Å²) in [7, 11) is -3.63. The summed E-state index contributed by atoms with van der Waals surface area (Å²) in [4.78, 5) is 27.6. The number of rotatable bonds is 9. The average Bonchev–Trinajstić information content (AvgIpc) is 3.48. The molecule has 9 nitrogen and oxygen atoms in total. The lowest BCUT2D eigenvalue weighted by Crippen LogP contribution is -2.61. The highest BCUT2D eigenvalue weighted by atomic mass is 32.2. The summed E-state index contributed by atoms with van der Waals surface area (Å²) in [5.41, 5.74) is 5.65. The Morgan fingerprint density at radius 2 is 1.72 bits per heavy atom. The minimum Gasteiger partial charge on any atom is -0.337 e. The molecule has 10 heteroatoms. The summed E-state index contributed by atoms with van der Waals surface area (Å²) in [5.74, 6) is -0.173. The van der Waals surface area contributed by atoms with Gasteiger partial charge in [0.15, 0.2) is 0 Å². The maximum absolute atomic E-state index is 14.5. The topological polar surface area (TPSA) is 91.6 Å². The fourth-order valence-corrected chi connectivity index (χ4v) is 7.52. The molecule has 43 heavy (non-hydrogen) atoms. The van der Waals surface area contributed by atoms with Gasteiger partial charge in [0.2, 0.25) is 15.9 Å². The van der Waals surface area contributed by atoms with Crippen LogP contribution in [0.5, 0.6) is 0 Å². The van der Waals surface area contributed by atoms with Gasteiger partial charge in [0, 0.05) is 57.9 Å². The van der Waals surface area contributed by atoms with Gasteiger partial charge in [-0.15, -0.1) is 0 Å². The summed E-state index contributed by atoms with van der Waals surface area (Å²) < 4.78 is 29.6. The average molecular weight is 599 g/mol. The van der Waals surface area contributed by atoms with Crippen molar-refractivity contribution in [1.29, 1.82) is 0 Å². The van der Waals surface area contributed by atoms with Crippen molar-refractivity contribution in [3.8, 4) is 0 Å². The molecular weight excluding hydrogens is 560 g/mol. The molecule has 0 bridgehead atoms. The van der Waals surface area contributed by atoms with Gasteiger partial charge < -0.3 is 9.47 Å². The number of nitrogens with zero attached hydrogens (tertiary/aromatic N) is 6. The third kappa shape index (κ3) is 6.56. The molecule has 0 saturated carbocycles. The van der Waals surface area contributed by atoms with Crippen LogP contribution in [-0.4, -0.2) is 81.4 Å². The molecule has 6 rings (SSSR count). The lowest BCUT2D eigenvalue weighted by molar-refractivity contribution is -0.138. The third-order valence-electron chi connectivity index (χ3n) is 8.57. The van der Waals surface area contributed by atoms with E-state index in [9.17, 15) is 13.2 Å². The minimum atomic E-state index is -3.63. The number of carbonyl (C=O) groups is 1. The van der Waals surface area contributed by atoms with E-state index >= 15 is 0 Å². The molecule has 1 saturated heterocycles. The van der Waals surface area contributed by atoms with Crippen molar-refractivity contribution < 1.29 is 13.2 Å². The van der Waals surface area contributed by atoms with Crippen molar-refractivity contribution >= 4 is 15.9 Å². The van der Waals surface area contributed by atoms with Gasteiger partial charge in [0.1, 0.15) is 6.04 Å². The van der Waals surface area contributed by atoms with Gasteiger partial charge >= 0.3 is 0 Å². The predicted octanol–water partition coefficient (Wildman–Crippen LogP) is 3.53. The van der Waals surface area contributed by atoms with Crippen LogP contribution in [0, 0.1) is 0 Å². The van der Waals surface area contributed by atoms with E-state index in [1.165, 1.54) is 27.3 Å². The van der Waals surface area contributed by atoms with Gasteiger partial charge in [-0.2, -0.15) is 4.31 Å². The summed E-state index contributed by atoms with van der Waals surface area (Å²) in [5, 5.41) is 0. The van der Waals surface area contributed by atoms with E-state index in [0.717, 1.165) is 30.5 Å². The first-order chi connectivity index (χ1) is 20.9. The third-order valence-corrected chi connectivity index (χ3v) is 9.86. The molecule has 2 atom stereocenters. The van der Waals surface area contributed by atoms with Gasteiger partial charge in [0.05, 0.1) is 24.3 Å². The Labute approximate surface area is 253 Å². The molecule has 3 heterocycles. The second-order valence-electron chi connectivity index (χ2n) is 11.4. The minimum absolute atomic E-state index is 0.157. The molecule has 2 aromatic heterocycles. The molecule has 224 valence electrons. The van der Waals surface area contributed by atoms with Crippen LogP contribution in [0.25, 0.3) is 0 Å². The number of imidazole rings is 1. The quantitative estimate of drug-likeness (QED) is 0.293. The second-order valence-corrected chi connectivity index (χ2v) is 13.4. The number of carbonyl (C=O) groups excluding carboxylic acids is 1. The maximum atomic E-state index is 14.5. The zero-order valence-electron chi connectivity index (χ0n) is 24.5. The Bertz CT molecular complexity index is 1600. The standard InChI is InChI=1S/C33H38N6O3S/c1-43(41,42)39-22-21-37(32-29-13-6-5-11-27(29)14-15-28-12-7-16-35-31(28)32)24-30(39)33(40)38(23-26-9-3-2-4-10-26)19-8-18-36-20-17-34-25-36/h2-7,9-13,16-17,20,25,30,32H,8,14-15,18-19,21-24H2,1H3/t30-,32?/m1/s1. The van der Waals surface area contributed by atoms with Crippen molar-refractivity contribution in [1.82, 2.24) is 28.6 Å². The first-order valence-electron chi connectivity index (χ1n) is 14.9. The molecule has 1 aliphatic carbocycles. The fraction of sp³-hybridized carbons (Fsp3) is 0.364. The number of hydrogen-bond acceptors (Lipinski definition) is 6. The molecule has 0 radical (unpaired) electrons. The number of aromatic nitrogens is 3. The van der Waals surface area contributed by atoms with E-state index in [2.05, 4.69) is 40.2 Å². The Hall–Kier alpha value is -3.86. The van der Waals surface area contributed by atoms with Gasteiger partial charge in [-0.1, -0.05) is 60.7 Å². The van der Waals surface area contributed by atoms with Crippen LogP contribution < -0.4 is 0 Å². The van der Waals surface area contributed by atoms with Crippen LogP contribution in [0.1, 0.15) is 40.4 Å². The normalized spacial score (nSPS) is 19.3. The number of pyridine rings is 1. The lowest BCUT2D eigenvalue weighted by atomic mass is 9.95. The van der Waals surface area contributed by atoms with E-state index in [1.807, 2.05) is 58.3 Å². The number of benzene rings is 2. The molecule has 0 N–H and O–H groups in total. The fourth-order valence-electron chi connectivity index (χ4n) is 6.49. The second kappa shape index (κ2) is 12.8. The highest BCUT2D eigenvalue weighted by Gasteiger charge is 2.43. The zero-order valence-corrected chi connectivity index (χ0v) is 25.3. The summed E-state index contributed by atoms with van der Waals surface area (Å²) in [6.45, 7) is 2.65. The van der Waals surface area contributed by atoms with E-state index < -0.39 is 16.1 Å². The molecule has 1 aliphatic heterocycles. The van der Waals surface area contributed by atoms with Gasteiger partial charge in [-0.05, 0) is 47.6 Å². The van der Waals surface area contributed by atoms with Gasteiger partial charge in [-0.3, -0.25) is 14.7 Å². The van der Waals surface area contributed by atoms with Crippen LogP contribution in [0.2, 0.25) is 0 Å². The summed E-state index contributed by atoms with van der Waals surface area (Å²) >= 11 is 0. The molecule has 0 spiro atoms. The van der Waals surface area contributed by atoms with Gasteiger partial charge in [0.25, 0.3) is 0 Å². The molecule has 1 unspecified atom stereocenters. The number of sulfonamides is 1. The van der Waals surface area contributed by atoms with Crippen molar-refractivity contribution in [2.75, 3.05) is 32.4 Å². The van der Waals surface area contributed by atoms with Crippen LogP contribution in [-0.2, 0) is 40.7 Å². The first-order valence-corrected chi connectivity index (χ1v) is 16.7. The molecule has 2 aromatic carbocycles. The van der Waals surface area contributed by atoms with E-state index in [0.29, 0.717) is 26.2 Å². The number of hydrogen-bond donors (Lipinski definition) is 0. The van der Waals surface area contributed by atoms with E-state index in [-0.39, 0.29) is 25.0 Å². The Balaban J connectivity index is 1.33. The van der Waals surface area contributed by atoms with Crippen molar-refractivity contribution in [2.45, 2.75) is 44.4 Å². The monoisotopic (exact) mass is 598 g/mol. The van der Waals surface area contributed by atoms with E-state index in [4.69, 9.17) is 4.98 Å². The zero-order chi connectivity index (χ0) is 29.8. The Morgan fingerprint density at radius 1 is 0.953 bits per heavy atom. The van der Waals surface area contributed by atoms with Crippen molar-refractivity contribution in [3.63, 3.8) is 0 Å². The number of fused-ring (bicyclic) bond motifs is 2. The molecule has 1 fully saturated rings. The van der Waals surface area contributed by atoms with Crippen molar-refractivity contribution in [2.24, 2.45) is 0 Å².